The number of hydrogen-bond donors (Lipinski definition) is 2. The molecule has 1 aliphatic rings. The van der Waals surface area contributed by atoms with Crippen LogP contribution in [0.5, 0.6) is 5.75 Å². The Morgan fingerprint density at radius 3 is 2.69 bits per heavy atom. The molecule has 1 fully saturated rings. The minimum Gasteiger partial charge on any atom is -0.497 e. The molecular weight excluding hydrogens is 406 g/mol. The van der Waals surface area contributed by atoms with Crippen molar-refractivity contribution in [1.29, 1.82) is 0 Å². The van der Waals surface area contributed by atoms with Gasteiger partial charge in [-0.25, -0.2) is 8.78 Å². The fraction of sp³-hybridized carbons (Fsp3) is 0.211. The molecule has 1 amide bonds. The lowest BCUT2D eigenvalue weighted by atomic mass is 9.93. The Hall–Kier alpha value is -3.20. The second-order valence-electron chi connectivity index (χ2n) is 6.40. The molecule has 10 heteroatoms. The molecule has 0 bridgehead atoms. The predicted molar refractivity (Wildman–Crippen MR) is 101 cm³/mol. The van der Waals surface area contributed by atoms with E-state index < -0.39 is 29.5 Å². The van der Waals surface area contributed by atoms with Gasteiger partial charge in [0, 0.05) is 40.7 Å². The SMILES string of the molecule is COc1cc(F)c([C@@H]2CNC(=O)[C@H]2Nc2nnc(-c3cccc(Cl)c3)o2)c(F)c1. The second-order valence-corrected chi connectivity index (χ2v) is 6.84. The van der Waals surface area contributed by atoms with Crippen molar-refractivity contribution in [3.05, 3.63) is 58.6 Å². The van der Waals surface area contributed by atoms with Crippen LogP contribution in [0, 0.1) is 11.6 Å². The van der Waals surface area contributed by atoms with Gasteiger partial charge in [0.2, 0.25) is 11.8 Å². The van der Waals surface area contributed by atoms with Crippen LogP contribution >= 0.6 is 11.6 Å². The normalized spacial score (nSPS) is 18.6. The van der Waals surface area contributed by atoms with Crippen molar-refractivity contribution in [2.75, 3.05) is 19.0 Å². The number of methoxy groups -OCH3 is 1. The molecule has 29 heavy (non-hydrogen) atoms. The third kappa shape index (κ3) is 3.73. The third-order valence-corrected chi connectivity index (χ3v) is 4.85. The third-order valence-electron chi connectivity index (χ3n) is 4.62. The van der Waals surface area contributed by atoms with Crippen LogP contribution in [0.25, 0.3) is 11.5 Å². The van der Waals surface area contributed by atoms with Gasteiger partial charge in [-0.3, -0.25) is 4.79 Å². The summed E-state index contributed by atoms with van der Waals surface area (Å²) in [6.45, 7) is 0.0476. The van der Waals surface area contributed by atoms with E-state index >= 15 is 0 Å². The maximum absolute atomic E-state index is 14.5. The Kier molecular flexibility index (Phi) is 5.06. The van der Waals surface area contributed by atoms with Gasteiger partial charge in [0.05, 0.1) is 7.11 Å². The first-order valence-corrected chi connectivity index (χ1v) is 9.00. The highest BCUT2D eigenvalue weighted by molar-refractivity contribution is 6.30. The van der Waals surface area contributed by atoms with Crippen molar-refractivity contribution < 1.29 is 22.7 Å². The first-order valence-electron chi connectivity index (χ1n) is 8.63. The van der Waals surface area contributed by atoms with Crippen LogP contribution in [0.2, 0.25) is 5.02 Å². The zero-order valence-electron chi connectivity index (χ0n) is 15.1. The number of aromatic nitrogens is 2. The van der Waals surface area contributed by atoms with E-state index in [0.717, 1.165) is 12.1 Å². The average Bonchev–Trinajstić information content (AvgIpc) is 3.30. The molecule has 0 spiro atoms. The molecule has 0 saturated carbocycles. The van der Waals surface area contributed by atoms with Gasteiger partial charge in [0.15, 0.2) is 0 Å². The summed E-state index contributed by atoms with van der Waals surface area (Å²) in [4.78, 5) is 12.3. The Morgan fingerprint density at radius 1 is 1.24 bits per heavy atom. The number of carbonyl (C=O) groups is 1. The highest BCUT2D eigenvalue weighted by atomic mass is 35.5. The van der Waals surface area contributed by atoms with Crippen molar-refractivity contribution in [3.8, 4) is 17.2 Å². The minimum absolute atomic E-state index is 0.0476. The molecule has 1 saturated heterocycles. The smallest absolute Gasteiger partial charge is 0.316 e. The summed E-state index contributed by atoms with van der Waals surface area (Å²) in [5, 5.41) is 13.6. The topological polar surface area (TPSA) is 89.3 Å². The number of anilines is 1. The van der Waals surface area contributed by atoms with Crippen LogP contribution in [-0.2, 0) is 4.79 Å². The van der Waals surface area contributed by atoms with E-state index in [1.807, 2.05) is 0 Å². The molecule has 3 aromatic rings. The van der Waals surface area contributed by atoms with E-state index in [1.165, 1.54) is 7.11 Å². The van der Waals surface area contributed by atoms with E-state index in [4.69, 9.17) is 20.8 Å². The number of nitrogens with one attached hydrogen (secondary N) is 2. The molecule has 0 radical (unpaired) electrons. The van der Waals surface area contributed by atoms with Gasteiger partial charge < -0.3 is 19.8 Å². The summed E-state index contributed by atoms with van der Waals surface area (Å²) >= 11 is 5.96. The molecule has 2 atom stereocenters. The maximum atomic E-state index is 14.5. The number of rotatable bonds is 5. The predicted octanol–water partition coefficient (Wildman–Crippen LogP) is 3.37. The molecule has 150 valence electrons. The number of hydrogen-bond acceptors (Lipinski definition) is 6. The minimum atomic E-state index is -1.000. The summed E-state index contributed by atoms with van der Waals surface area (Å²) in [6, 6.07) is 7.89. The molecule has 2 aromatic carbocycles. The zero-order valence-corrected chi connectivity index (χ0v) is 15.8. The van der Waals surface area contributed by atoms with Gasteiger partial charge in [-0.2, -0.15) is 0 Å². The summed E-state index contributed by atoms with van der Waals surface area (Å²) in [7, 11) is 1.31. The second kappa shape index (κ2) is 7.67. The largest absolute Gasteiger partial charge is 0.497 e. The van der Waals surface area contributed by atoms with Crippen molar-refractivity contribution in [3.63, 3.8) is 0 Å². The summed E-state index contributed by atoms with van der Waals surface area (Å²) < 4.78 is 39.4. The monoisotopic (exact) mass is 420 g/mol. The van der Waals surface area contributed by atoms with Gasteiger partial charge in [0.25, 0.3) is 0 Å². The van der Waals surface area contributed by atoms with Crippen LogP contribution < -0.4 is 15.4 Å². The van der Waals surface area contributed by atoms with Crippen molar-refractivity contribution >= 4 is 23.5 Å². The Morgan fingerprint density at radius 2 is 2.00 bits per heavy atom. The van der Waals surface area contributed by atoms with Crippen LogP contribution in [0.15, 0.2) is 40.8 Å². The van der Waals surface area contributed by atoms with Gasteiger partial charge in [-0.1, -0.05) is 22.8 Å². The molecule has 0 unspecified atom stereocenters. The number of carbonyl (C=O) groups excluding carboxylic acids is 1. The molecule has 4 rings (SSSR count). The number of benzene rings is 2. The van der Waals surface area contributed by atoms with Crippen LogP contribution in [0.1, 0.15) is 11.5 Å². The zero-order chi connectivity index (χ0) is 20.5. The quantitative estimate of drug-likeness (QED) is 0.658. The van der Waals surface area contributed by atoms with Crippen molar-refractivity contribution in [2.45, 2.75) is 12.0 Å². The van der Waals surface area contributed by atoms with Crippen LogP contribution in [-0.4, -0.2) is 35.8 Å². The van der Waals surface area contributed by atoms with Gasteiger partial charge in [-0.05, 0) is 18.2 Å². The summed E-state index contributed by atoms with van der Waals surface area (Å²) in [5.74, 6) is -2.64. The summed E-state index contributed by atoms with van der Waals surface area (Å²) in [6.07, 6.45) is 0. The summed E-state index contributed by atoms with van der Waals surface area (Å²) in [5.41, 5.74) is 0.369. The fourth-order valence-electron chi connectivity index (χ4n) is 3.24. The Bertz CT molecular complexity index is 1050. The lowest BCUT2D eigenvalue weighted by Crippen LogP contribution is -2.33. The van der Waals surface area contributed by atoms with E-state index in [9.17, 15) is 13.6 Å². The Balaban J connectivity index is 1.61. The lowest BCUT2D eigenvalue weighted by Gasteiger charge is -2.19. The van der Waals surface area contributed by atoms with Crippen molar-refractivity contribution in [2.24, 2.45) is 0 Å². The van der Waals surface area contributed by atoms with Gasteiger partial charge >= 0.3 is 6.01 Å². The number of amides is 1. The highest BCUT2D eigenvalue weighted by Gasteiger charge is 2.40. The van der Waals surface area contributed by atoms with Crippen molar-refractivity contribution in [1.82, 2.24) is 15.5 Å². The molecular formula is C19H15ClF2N4O3. The number of ether oxygens (including phenoxy) is 1. The Labute approximate surface area is 169 Å². The van der Waals surface area contributed by atoms with E-state index in [1.54, 1.807) is 24.3 Å². The van der Waals surface area contributed by atoms with Gasteiger partial charge in [0.1, 0.15) is 23.4 Å². The molecule has 2 heterocycles. The highest BCUT2D eigenvalue weighted by Crippen LogP contribution is 2.33. The molecule has 2 N–H and O–H groups in total. The first-order chi connectivity index (χ1) is 14.0. The van der Waals surface area contributed by atoms with Gasteiger partial charge in [-0.15, -0.1) is 5.10 Å². The van der Waals surface area contributed by atoms with E-state index in [0.29, 0.717) is 10.6 Å². The average molecular weight is 421 g/mol. The fourth-order valence-corrected chi connectivity index (χ4v) is 3.43. The molecule has 1 aromatic heterocycles. The maximum Gasteiger partial charge on any atom is 0.316 e. The van der Waals surface area contributed by atoms with Crippen LogP contribution in [0.4, 0.5) is 14.8 Å². The molecule has 7 nitrogen and oxygen atoms in total. The van der Waals surface area contributed by atoms with E-state index in [-0.39, 0.29) is 29.8 Å². The van der Waals surface area contributed by atoms with E-state index in [2.05, 4.69) is 20.8 Å². The standard InChI is InChI=1S/C19H15ClF2N4O3/c1-28-11-6-13(21)15(14(22)7-11)12-8-23-17(27)16(12)24-19-26-25-18(29-19)9-3-2-4-10(20)5-9/h2-7,12,16H,8H2,1H3,(H,23,27)(H,24,26)/t12-,16-/m0/s1. The number of nitrogens with zero attached hydrogens (tertiary/aromatic N) is 2. The van der Waals surface area contributed by atoms with Crippen LogP contribution in [0.3, 0.4) is 0 Å². The lowest BCUT2D eigenvalue weighted by molar-refractivity contribution is -0.119. The molecule has 1 aliphatic heterocycles. The first kappa shape index (κ1) is 19.1. The molecule has 0 aliphatic carbocycles. The number of halogens is 3.